The lowest BCUT2D eigenvalue weighted by Crippen LogP contribution is -2.39. The Hall–Kier alpha value is -2.85. The summed E-state index contributed by atoms with van der Waals surface area (Å²) in [5.41, 5.74) is 0.519. The summed E-state index contributed by atoms with van der Waals surface area (Å²) in [4.78, 5) is 0. The maximum atomic E-state index is 13.1. The molecule has 1 aromatic carbocycles. The Balaban J connectivity index is 1.86. The molecule has 3 heterocycles. The van der Waals surface area contributed by atoms with Gasteiger partial charge in [-0.25, -0.2) is 8.42 Å². The maximum Gasteiger partial charge on any atom is 0.204 e. The molecule has 0 amide bonds. The van der Waals surface area contributed by atoms with E-state index in [1.54, 1.807) is 49.1 Å². The molecule has 4 rings (SSSR count). The molecule has 30 heavy (non-hydrogen) atoms. The van der Waals surface area contributed by atoms with Crippen LogP contribution in [0.4, 0.5) is 0 Å². The third kappa shape index (κ3) is 3.80. The van der Waals surface area contributed by atoms with Crippen LogP contribution in [0.2, 0.25) is 0 Å². The third-order valence-electron chi connectivity index (χ3n) is 5.19. The molecule has 2 aromatic heterocycles. The number of sulfone groups is 1. The monoisotopic (exact) mass is 432 g/mol. The second-order valence-corrected chi connectivity index (χ2v) is 9.32. The highest BCUT2D eigenvalue weighted by molar-refractivity contribution is 7.91. The second-order valence-electron chi connectivity index (χ2n) is 7.04. The Morgan fingerprint density at radius 2 is 1.93 bits per heavy atom. The molecule has 0 aliphatic carbocycles. The van der Waals surface area contributed by atoms with Gasteiger partial charge < -0.3 is 19.2 Å². The van der Waals surface area contributed by atoms with E-state index >= 15 is 0 Å². The summed E-state index contributed by atoms with van der Waals surface area (Å²) < 4.78 is 44.5. The van der Waals surface area contributed by atoms with Gasteiger partial charge in [0.05, 0.1) is 25.7 Å². The molecule has 1 aliphatic rings. The number of ether oxygens (including phenoxy) is 2. The molecule has 3 aromatic rings. The van der Waals surface area contributed by atoms with Crippen LogP contribution in [0.25, 0.3) is 17.3 Å². The molecule has 0 radical (unpaired) electrons. The molecule has 0 spiro atoms. The molecule has 10 heteroatoms. The number of benzene rings is 1. The van der Waals surface area contributed by atoms with Crippen molar-refractivity contribution in [3.05, 3.63) is 42.4 Å². The number of para-hydroxylation sites is 1. The Kier molecular flexibility index (Phi) is 5.78. The van der Waals surface area contributed by atoms with Crippen LogP contribution in [-0.4, -0.2) is 55.7 Å². The molecule has 1 fully saturated rings. The van der Waals surface area contributed by atoms with Crippen molar-refractivity contribution < 1.29 is 22.3 Å². The first-order chi connectivity index (χ1) is 14.5. The number of nitrogens with zero attached hydrogens (tertiary/aromatic N) is 3. The molecule has 0 unspecified atom stereocenters. The normalized spacial score (nSPS) is 17.1. The van der Waals surface area contributed by atoms with E-state index < -0.39 is 15.1 Å². The quantitative estimate of drug-likeness (QED) is 0.605. The number of nitrogens with one attached hydrogen (secondary N) is 1. The highest BCUT2D eigenvalue weighted by atomic mass is 32.2. The molecule has 1 saturated heterocycles. The van der Waals surface area contributed by atoms with Crippen molar-refractivity contribution in [2.75, 3.05) is 27.3 Å². The number of piperidine rings is 1. The van der Waals surface area contributed by atoms with Crippen LogP contribution in [-0.2, 0) is 15.6 Å². The molecular formula is C20H24N4O5S. The topological polar surface area (TPSA) is 108 Å². The van der Waals surface area contributed by atoms with Crippen LogP contribution in [0.15, 0.2) is 41.0 Å². The Morgan fingerprint density at radius 3 is 2.53 bits per heavy atom. The smallest absolute Gasteiger partial charge is 0.204 e. The summed E-state index contributed by atoms with van der Waals surface area (Å²) in [6, 6.07) is 8.81. The van der Waals surface area contributed by atoms with Crippen molar-refractivity contribution >= 4 is 9.84 Å². The highest BCUT2D eigenvalue weighted by Gasteiger charge is 2.31. The molecule has 1 atom stereocenters. The van der Waals surface area contributed by atoms with Gasteiger partial charge in [0.2, 0.25) is 5.82 Å². The molecule has 0 saturated carbocycles. The predicted octanol–water partition coefficient (Wildman–Crippen LogP) is 2.21. The van der Waals surface area contributed by atoms with Gasteiger partial charge in [0.25, 0.3) is 0 Å². The number of hydrogen-bond acceptors (Lipinski definition) is 8. The SMILES string of the molecule is COc1cccc(OC)c1-n1c(CS(=O)(=O)[C@@H]2CCCNC2)nnc1-c1ccco1. The Morgan fingerprint density at radius 1 is 1.17 bits per heavy atom. The van der Waals surface area contributed by atoms with Crippen molar-refractivity contribution in [2.45, 2.75) is 23.8 Å². The average molecular weight is 433 g/mol. The van der Waals surface area contributed by atoms with Gasteiger partial charge >= 0.3 is 0 Å². The molecule has 1 N–H and O–H groups in total. The van der Waals surface area contributed by atoms with Crippen molar-refractivity contribution in [2.24, 2.45) is 0 Å². The Labute approximate surface area is 174 Å². The fourth-order valence-electron chi connectivity index (χ4n) is 3.69. The third-order valence-corrected chi connectivity index (χ3v) is 7.27. The van der Waals surface area contributed by atoms with E-state index in [4.69, 9.17) is 13.9 Å². The van der Waals surface area contributed by atoms with E-state index in [0.717, 1.165) is 13.0 Å². The van der Waals surface area contributed by atoms with Gasteiger partial charge in [-0.3, -0.25) is 4.57 Å². The van der Waals surface area contributed by atoms with Crippen LogP contribution in [0.3, 0.4) is 0 Å². The summed E-state index contributed by atoms with van der Waals surface area (Å²) in [5.74, 6) is 1.84. The van der Waals surface area contributed by atoms with Crippen molar-refractivity contribution in [1.29, 1.82) is 0 Å². The van der Waals surface area contributed by atoms with E-state index in [2.05, 4.69) is 15.5 Å². The summed E-state index contributed by atoms with van der Waals surface area (Å²) in [7, 11) is -0.378. The lowest BCUT2D eigenvalue weighted by molar-refractivity contribution is 0.390. The minimum absolute atomic E-state index is 0.256. The van der Waals surface area contributed by atoms with Gasteiger partial charge in [0.1, 0.15) is 22.9 Å². The fourth-order valence-corrected chi connectivity index (χ4v) is 5.37. The van der Waals surface area contributed by atoms with Crippen LogP contribution < -0.4 is 14.8 Å². The first kappa shape index (κ1) is 20.4. The molecule has 1 aliphatic heterocycles. The average Bonchev–Trinajstić information content (AvgIpc) is 3.43. The van der Waals surface area contributed by atoms with Crippen molar-refractivity contribution in [3.63, 3.8) is 0 Å². The summed E-state index contributed by atoms with van der Waals surface area (Å²) >= 11 is 0. The van der Waals surface area contributed by atoms with E-state index in [0.29, 0.717) is 41.7 Å². The van der Waals surface area contributed by atoms with Crippen molar-refractivity contribution in [3.8, 4) is 28.8 Å². The summed E-state index contributed by atoms with van der Waals surface area (Å²) in [5, 5.41) is 11.2. The lowest BCUT2D eigenvalue weighted by atomic mass is 10.2. The number of furan rings is 1. The lowest BCUT2D eigenvalue weighted by Gasteiger charge is -2.23. The van der Waals surface area contributed by atoms with Crippen molar-refractivity contribution in [1.82, 2.24) is 20.1 Å². The van der Waals surface area contributed by atoms with Crippen LogP contribution in [0, 0.1) is 0 Å². The van der Waals surface area contributed by atoms with Gasteiger partial charge in [0.15, 0.2) is 21.4 Å². The zero-order chi connectivity index (χ0) is 21.1. The van der Waals surface area contributed by atoms with E-state index in [1.807, 2.05) is 0 Å². The van der Waals surface area contributed by atoms with Gasteiger partial charge in [-0.1, -0.05) is 6.07 Å². The fraction of sp³-hybridized carbons (Fsp3) is 0.400. The zero-order valence-corrected chi connectivity index (χ0v) is 17.7. The van der Waals surface area contributed by atoms with E-state index in [-0.39, 0.29) is 11.6 Å². The summed E-state index contributed by atoms with van der Waals surface area (Å²) in [6.07, 6.45) is 2.99. The van der Waals surface area contributed by atoms with Crippen LogP contribution >= 0.6 is 0 Å². The van der Waals surface area contributed by atoms with Gasteiger partial charge in [-0.15, -0.1) is 10.2 Å². The first-order valence-electron chi connectivity index (χ1n) is 9.67. The molecule has 9 nitrogen and oxygen atoms in total. The standard InChI is InChI=1S/C20H24N4O5S/c1-27-15-7-3-8-16(28-2)19(15)24-18(22-23-20(24)17-9-5-11-29-17)13-30(25,26)14-6-4-10-21-12-14/h3,5,7-9,11,14,21H,4,6,10,12-13H2,1-2H3/t14-/m1/s1. The minimum atomic E-state index is -3.46. The number of hydrogen-bond donors (Lipinski definition) is 1. The minimum Gasteiger partial charge on any atom is -0.494 e. The highest BCUT2D eigenvalue weighted by Crippen LogP contribution is 2.36. The van der Waals surface area contributed by atoms with Crippen LogP contribution in [0.5, 0.6) is 11.5 Å². The Bertz CT molecular complexity index is 1080. The zero-order valence-electron chi connectivity index (χ0n) is 16.9. The van der Waals surface area contributed by atoms with E-state index in [9.17, 15) is 8.42 Å². The summed E-state index contributed by atoms with van der Waals surface area (Å²) in [6.45, 7) is 1.28. The van der Waals surface area contributed by atoms with E-state index in [1.165, 1.54) is 6.26 Å². The number of aromatic nitrogens is 3. The largest absolute Gasteiger partial charge is 0.494 e. The number of rotatable bonds is 7. The van der Waals surface area contributed by atoms with Gasteiger partial charge in [-0.05, 0) is 43.7 Å². The second kappa shape index (κ2) is 8.49. The maximum absolute atomic E-state index is 13.1. The van der Waals surface area contributed by atoms with Gasteiger partial charge in [0, 0.05) is 6.54 Å². The molecule has 160 valence electrons. The predicted molar refractivity (Wildman–Crippen MR) is 111 cm³/mol. The van der Waals surface area contributed by atoms with Crippen LogP contribution in [0.1, 0.15) is 18.7 Å². The number of methoxy groups -OCH3 is 2. The molecule has 0 bridgehead atoms. The first-order valence-corrected chi connectivity index (χ1v) is 11.4. The van der Waals surface area contributed by atoms with Gasteiger partial charge in [-0.2, -0.15) is 0 Å². The molecular weight excluding hydrogens is 408 g/mol.